The van der Waals surface area contributed by atoms with Crippen LogP contribution in [0.1, 0.15) is 33.1 Å². The zero-order valence-corrected chi connectivity index (χ0v) is 13.4. The molecule has 1 amide bonds. The van der Waals surface area contributed by atoms with Gasteiger partial charge in [0.05, 0.1) is 22.7 Å². The molecule has 0 aliphatic carbocycles. The molecule has 0 aromatic heterocycles. The Bertz CT molecular complexity index is 541. The molecule has 21 heavy (non-hydrogen) atoms. The van der Waals surface area contributed by atoms with Crippen LogP contribution in [-0.4, -0.2) is 24.0 Å². The number of amides is 1. The van der Waals surface area contributed by atoms with Crippen molar-refractivity contribution in [2.45, 2.75) is 33.1 Å². The Morgan fingerprint density at radius 2 is 2.05 bits per heavy atom. The number of para-hydroxylation sites is 2. The molecule has 0 saturated heterocycles. The summed E-state index contributed by atoms with van der Waals surface area (Å²) in [6.45, 7) is 5.15. The fourth-order valence-electron chi connectivity index (χ4n) is 2.80. The first-order chi connectivity index (χ1) is 10.1. The summed E-state index contributed by atoms with van der Waals surface area (Å²) in [5.74, 6) is 0.727. The normalized spacial score (nSPS) is 14.9. The van der Waals surface area contributed by atoms with Crippen molar-refractivity contribution in [2.75, 3.05) is 18.1 Å². The Kier molecular flexibility index (Phi) is 4.83. The minimum absolute atomic E-state index is 0.0158. The van der Waals surface area contributed by atoms with Crippen molar-refractivity contribution in [3.63, 3.8) is 0 Å². The highest BCUT2D eigenvalue weighted by Crippen LogP contribution is 2.36. The Balaban J connectivity index is 2.45. The van der Waals surface area contributed by atoms with Crippen LogP contribution in [0.5, 0.6) is 5.75 Å². The van der Waals surface area contributed by atoms with Crippen LogP contribution in [-0.2, 0) is 4.79 Å². The lowest BCUT2D eigenvalue weighted by Crippen LogP contribution is -2.50. The predicted octanol–water partition coefficient (Wildman–Crippen LogP) is 2.89. The van der Waals surface area contributed by atoms with E-state index in [1.54, 1.807) is 4.90 Å². The fourth-order valence-corrected chi connectivity index (χ4v) is 3.18. The van der Waals surface area contributed by atoms with Crippen molar-refractivity contribution in [3.8, 4) is 5.75 Å². The molecule has 0 unspecified atom stereocenters. The van der Waals surface area contributed by atoms with Gasteiger partial charge in [0.2, 0.25) is 5.91 Å². The van der Waals surface area contributed by atoms with E-state index in [1.165, 1.54) is 0 Å². The number of nitrogens with two attached hydrogens (primary N) is 1. The fraction of sp³-hybridized carbons (Fsp3) is 0.500. The summed E-state index contributed by atoms with van der Waals surface area (Å²) in [7, 11) is 0. The Morgan fingerprint density at radius 3 is 2.67 bits per heavy atom. The Morgan fingerprint density at radius 1 is 1.38 bits per heavy atom. The summed E-state index contributed by atoms with van der Waals surface area (Å²) in [4.78, 5) is 15.2. The van der Waals surface area contributed by atoms with Gasteiger partial charge >= 0.3 is 0 Å². The molecule has 1 aromatic carbocycles. The smallest absolute Gasteiger partial charge is 0.240 e. The summed E-state index contributed by atoms with van der Waals surface area (Å²) < 4.78 is 5.71. The number of hydrogen-bond acceptors (Lipinski definition) is 3. The Hall–Kier alpha value is -1.62. The van der Waals surface area contributed by atoms with Gasteiger partial charge in [-0.3, -0.25) is 4.79 Å². The van der Waals surface area contributed by atoms with Crippen molar-refractivity contribution in [1.82, 2.24) is 0 Å². The first-order valence-corrected chi connectivity index (χ1v) is 7.81. The second-order valence-corrected chi connectivity index (χ2v) is 5.72. The maximum Gasteiger partial charge on any atom is 0.240 e. The van der Waals surface area contributed by atoms with Crippen LogP contribution in [0.4, 0.5) is 5.69 Å². The lowest BCUT2D eigenvalue weighted by atomic mass is 9.80. The third-order valence-corrected chi connectivity index (χ3v) is 4.66. The molecular formula is C16H22N2O2S. The first-order valence-electron chi connectivity index (χ1n) is 7.40. The van der Waals surface area contributed by atoms with Crippen LogP contribution in [0.15, 0.2) is 24.3 Å². The van der Waals surface area contributed by atoms with Gasteiger partial charge in [0.25, 0.3) is 0 Å². The summed E-state index contributed by atoms with van der Waals surface area (Å²) in [6, 6.07) is 7.62. The van der Waals surface area contributed by atoms with Gasteiger partial charge in [0.1, 0.15) is 5.75 Å². The van der Waals surface area contributed by atoms with E-state index in [1.807, 2.05) is 38.1 Å². The van der Waals surface area contributed by atoms with E-state index >= 15 is 0 Å². The summed E-state index contributed by atoms with van der Waals surface area (Å²) in [6.07, 6.45) is 2.01. The van der Waals surface area contributed by atoms with Gasteiger partial charge in [0, 0.05) is 6.54 Å². The lowest BCUT2D eigenvalue weighted by molar-refractivity contribution is -0.125. The molecule has 1 aliphatic rings. The number of anilines is 1. The molecule has 4 nitrogen and oxygen atoms in total. The molecule has 0 spiro atoms. The average Bonchev–Trinajstić information content (AvgIpc) is 2.70. The van der Waals surface area contributed by atoms with Crippen molar-refractivity contribution in [3.05, 3.63) is 24.3 Å². The van der Waals surface area contributed by atoms with E-state index in [0.29, 0.717) is 26.0 Å². The molecule has 0 saturated carbocycles. The second kappa shape index (κ2) is 6.43. The number of hydrogen-bond donors (Lipinski definition) is 1. The molecule has 2 rings (SSSR count). The molecular weight excluding hydrogens is 284 g/mol. The first kappa shape index (κ1) is 15.8. The van der Waals surface area contributed by atoms with E-state index in [9.17, 15) is 4.79 Å². The molecule has 114 valence electrons. The van der Waals surface area contributed by atoms with Gasteiger partial charge in [-0.25, -0.2) is 0 Å². The number of carbonyl (C=O) groups is 1. The zero-order chi connectivity index (χ0) is 15.5. The molecule has 5 heteroatoms. The van der Waals surface area contributed by atoms with Crippen LogP contribution in [0.3, 0.4) is 0 Å². The molecule has 0 fully saturated rings. The predicted molar refractivity (Wildman–Crippen MR) is 88.7 cm³/mol. The molecule has 1 aliphatic heterocycles. The highest BCUT2D eigenvalue weighted by molar-refractivity contribution is 7.80. The van der Waals surface area contributed by atoms with Gasteiger partial charge in [-0.05, 0) is 31.4 Å². The average molecular weight is 306 g/mol. The third kappa shape index (κ3) is 2.75. The minimum atomic E-state index is -0.771. The zero-order valence-electron chi connectivity index (χ0n) is 12.6. The maximum absolute atomic E-state index is 13.1. The second-order valence-electron chi connectivity index (χ2n) is 5.28. The largest absolute Gasteiger partial charge is 0.491 e. The monoisotopic (exact) mass is 306 g/mol. The number of nitrogens with zero attached hydrogens (tertiary/aromatic N) is 1. The topological polar surface area (TPSA) is 55.6 Å². The van der Waals surface area contributed by atoms with Gasteiger partial charge < -0.3 is 15.4 Å². The number of rotatable bonds is 4. The molecule has 0 radical (unpaired) electrons. The molecule has 2 N–H and O–H groups in total. The SMILES string of the molecule is CCC(CC)(C(=O)N1CCCOc2ccccc21)C(N)=S. The summed E-state index contributed by atoms with van der Waals surface area (Å²) in [5.41, 5.74) is 5.95. The maximum atomic E-state index is 13.1. The van der Waals surface area contributed by atoms with Gasteiger partial charge in [-0.1, -0.05) is 38.2 Å². The van der Waals surface area contributed by atoms with Crippen LogP contribution >= 0.6 is 12.2 Å². The van der Waals surface area contributed by atoms with E-state index in [0.717, 1.165) is 17.9 Å². The molecule has 0 bridgehead atoms. The van der Waals surface area contributed by atoms with Gasteiger partial charge in [-0.2, -0.15) is 0 Å². The van der Waals surface area contributed by atoms with Crippen LogP contribution in [0.25, 0.3) is 0 Å². The van der Waals surface area contributed by atoms with Gasteiger partial charge in [-0.15, -0.1) is 0 Å². The molecule has 1 aromatic rings. The number of thiocarbonyl (C=S) groups is 1. The van der Waals surface area contributed by atoms with E-state index in [-0.39, 0.29) is 10.9 Å². The van der Waals surface area contributed by atoms with Crippen LogP contribution in [0, 0.1) is 5.41 Å². The number of fused-ring (bicyclic) bond motifs is 1. The lowest BCUT2D eigenvalue weighted by Gasteiger charge is -2.35. The quantitative estimate of drug-likeness (QED) is 0.869. The standard InChI is InChI=1S/C16H22N2O2S/c1-3-16(4-2,14(17)21)15(19)18-10-7-11-20-13-9-6-5-8-12(13)18/h5-6,8-9H,3-4,7,10-11H2,1-2H3,(H2,17,21). The van der Waals surface area contributed by atoms with E-state index < -0.39 is 5.41 Å². The molecule has 1 heterocycles. The van der Waals surface area contributed by atoms with E-state index in [2.05, 4.69) is 0 Å². The van der Waals surface area contributed by atoms with E-state index in [4.69, 9.17) is 22.7 Å². The molecule has 0 atom stereocenters. The highest BCUT2D eigenvalue weighted by atomic mass is 32.1. The number of carbonyl (C=O) groups excluding carboxylic acids is 1. The summed E-state index contributed by atoms with van der Waals surface area (Å²) >= 11 is 5.20. The van der Waals surface area contributed by atoms with Crippen molar-refractivity contribution in [1.29, 1.82) is 0 Å². The van der Waals surface area contributed by atoms with Crippen LogP contribution < -0.4 is 15.4 Å². The van der Waals surface area contributed by atoms with Crippen LogP contribution in [0.2, 0.25) is 0 Å². The number of benzene rings is 1. The van der Waals surface area contributed by atoms with Crippen molar-refractivity contribution >= 4 is 28.8 Å². The Labute approximate surface area is 131 Å². The summed E-state index contributed by atoms with van der Waals surface area (Å²) in [5, 5.41) is 0. The third-order valence-electron chi connectivity index (χ3n) is 4.27. The number of ether oxygens (including phenoxy) is 1. The van der Waals surface area contributed by atoms with Gasteiger partial charge in [0.15, 0.2) is 0 Å². The minimum Gasteiger partial charge on any atom is -0.491 e. The highest BCUT2D eigenvalue weighted by Gasteiger charge is 2.42. The van der Waals surface area contributed by atoms with Crippen molar-refractivity contribution in [2.24, 2.45) is 11.1 Å². The van der Waals surface area contributed by atoms with Crippen molar-refractivity contribution < 1.29 is 9.53 Å².